The maximum Gasteiger partial charge on any atom is -0.0878 e. The van der Waals surface area contributed by atoms with E-state index in [1.807, 2.05) is 0 Å². The van der Waals surface area contributed by atoms with Gasteiger partial charge in [-0.15, -0.1) is 0 Å². The minimum absolute atomic E-state index is 0.250. The molecule has 1 aromatic rings. The second kappa shape index (κ2) is 15.7. The summed E-state index contributed by atoms with van der Waals surface area (Å²) in [7, 11) is 5.89. The predicted octanol–water partition coefficient (Wildman–Crippen LogP) is 10.6. The van der Waals surface area contributed by atoms with Crippen LogP contribution in [0.2, 0.25) is 0 Å². The molecule has 1 rings (SSSR count). The van der Waals surface area contributed by atoms with E-state index >= 15 is 0 Å². The number of rotatable bonds is 3. The largest absolute Gasteiger partial charge is 0.338 e. The van der Waals surface area contributed by atoms with E-state index < -0.39 is 17.3 Å². The number of nitrogens with zero attached hydrogens (tertiary/aromatic N) is 1. The Morgan fingerprint density at radius 1 is 0.700 bits per heavy atom. The van der Waals surface area contributed by atoms with Gasteiger partial charge >= 0.3 is 105 Å². The molecule has 179 valence electrons. The molecule has 0 aliphatic rings. The first-order chi connectivity index (χ1) is 13.1. The average molecular weight is 608 g/mol. The van der Waals surface area contributed by atoms with Gasteiger partial charge in [0.05, 0.1) is 0 Å². The third kappa shape index (κ3) is 32.7. The Morgan fingerprint density at radius 2 is 0.933 bits per heavy atom. The van der Waals surface area contributed by atoms with Crippen LogP contribution >= 0.6 is 9.42 Å². The summed E-state index contributed by atoms with van der Waals surface area (Å²) in [5.41, 5.74) is 4.59. The first-order valence-electron chi connectivity index (χ1n) is 10.8. The average Bonchev–Trinajstić information content (AvgIpc) is 2.41. The standard InChI is InChI=1S/C12H17N.3C5H11.ClH.W/c1-8(2)10-6-5-7-11(9(3)4)12(10)13;3*1-5(2,3)4;;/h5-9H,1-4H3;3*1H2,2-4H3;1H;/q;3*-1;;+1/p-1. The SMILES string of the molecule is CC(C)c1cccc(C(C)C)c1[N]=[W][Cl].[CH2-]C(C)(C)C.[CH2-]C(C)(C)C.[CH2-]C(C)(C)C. The van der Waals surface area contributed by atoms with Gasteiger partial charge in [0.2, 0.25) is 0 Å². The van der Waals surface area contributed by atoms with E-state index in [0.29, 0.717) is 11.8 Å². The molecule has 1 aromatic carbocycles. The van der Waals surface area contributed by atoms with Crippen LogP contribution in [-0.4, -0.2) is 0 Å². The number of benzene rings is 1. The topological polar surface area (TPSA) is 12.4 Å². The fourth-order valence-corrected chi connectivity index (χ4v) is 3.22. The summed E-state index contributed by atoms with van der Waals surface area (Å²) in [6.07, 6.45) is 0. The van der Waals surface area contributed by atoms with Gasteiger partial charge in [-0.3, -0.25) is 0 Å². The minimum atomic E-state index is -1.02. The Bertz CT molecular complexity index is 510. The molecule has 1 nitrogen and oxygen atoms in total. The zero-order valence-corrected chi connectivity index (χ0v) is 25.9. The van der Waals surface area contributed by atoms with Crippen molar-refractivity contribution in [3.05, 3.63) is 50.1 Å². The molecular weight excluding hydrogens is 558 g/mol. The summed E-state index contributed by atoms with van der Waals surface area (Å²) in [6, 6.07) is 6.46. The molecule has 0 saturated heterocycles. The number of halogens is 1. The third-order valence-electron chi connectivity index (χ3n) is 2.47. The molecular formula is C27H50ClNW-3. The van der Waals surface area contributed by atoms with E-state index in [2.05, 4.69) is 132 Å². The molecule has 0 heterocycles. The second-order valence-corrected chi connectivity index (χ2v) is 14.2. The zero-order valence-electron chi connectivity index (χ0n) is 22.2. The van der Waals surface area contributed by atoms with E-state index in [1.165, 1.54) is 16.8 Å². The molecule has 0 radical (unpaired) electrons. The van der Waals surface area contributed by atoms with Crippen molar-refractivity contribution in [2.75, 3.05) is 0 Å². The normalized spacial score (nSPS) is 12.0. The van der Waals surface area contributed by atoms with Crippen LogP contribution in [0, 0.1) is 37.0 Å². The maximum absolute atomic E-state index is 5.89. The van der Waals surface area contributed by atoms with Gasteiger partial charge in [-0.25, -0.2) is 0 Å². The molecule has 0 aromatic heterocycles. The van der Waals surface area contributed by atoms with Gasteiger partial charge in [-0.2, -0.15) is 16.2 Å². The second-order valence-electron chi connectivity index (χ2n) is 11.9. The summed E-state index contributed by atoms with van der Waals surface area (Å²) in [4.78, 5) is 0. The van der Waals surface area contributed by atoms with E-state index in [4.69, 9.17) is 9.42 Å². The number of hydrogen-bond acceptors (Lipinski definition) is 1. The fourth-order valence-electron chi connectivity index (χ4n) is 1.65. The van der Waals surface area contributed by atoms with Crippen molar-refractivity contribution in [1.29, 1.82) is 0 Å². The molecule has 0 unspecified atom stereocenters. The van der Waals surface area contributed by atoms with Crippen molar-refractivity contribution in [2.24, 2.45) is 19.7 Å². The maximum atomic E-state index is 5.89. The molecule has 0 aliphatic heterocycles. The van der Waals surface area contributed by atoms with Crippen LogP contribution in [0.4, 0.5) is 5.69 Å². The van der Waals surface area contributed by atoms with Crippen molar-refractivity contribution in [1.82, 2.24) is 0 Å². The predicted molar refractivity (Wildman–Crippen MR) is 137 cm³/mol. The summed E-state index contributed by atoms with van der Waals surface area (Å²) in [5, 5.41) is 0. The smallest absolute Gasteiger partial charge is 0.0878 e. The van der Waals surface area contributed by atoms with Crippen molar-refractivity contribution in [3.8, 4) is 0 Å². The zero-order chi connectivity index (χ0) is 24.9. The Labute approximate surface area is 203 Å². The Hall–Kier alpha value is -0.00169. The molecule has 0 fully saturated rings. The van der Waals surface area contributed by atoms with Gasteiger partial charge < -0.3 is 20.8 Å². The van der Waals surface area contributed by atoms with Crippen LogP contribution in [-0.2, 0) is 17.3 Å². The molecule has 0 aliphatic carbocycles. The van der Waals surface area contributed by atoms with Gasteiger partial charge in [-0.05, 0) is 0 Å². The van der Waals surface area contributed by atoms with E-state index in [-0.39, 0.29) is 16.2 Å². The summed E-state index contributed by atoms with van der Waals surface area (Å²) < 4.78 is 4.58. The first-order valence-corrected chi connectivity index (χ1v) is 15.7. The molecule has 0 atom stereocenters. The van der Waals surface area contributed by atoms with Gasteiger partial charge in [0.1, 0.15) is 0 Å². The van der Waals surface area contributed by atoms with Crippen LogP contribution in [0.1, 0.15) is 113 Å². The fraction of sp³-hybridized carbons (Fsp3) is 0.667. The van der Waals surface area contributed by atoms with Crippen molar-refractivity contribution < 1.29 is 17.3 Å². The number of hydrogen-bond donors (Lipinski definition) is 0. The van der Waals surface area contributed by atoms with E-state index in [1.54, 1.807) is 0 Å². The van der Waals surface area contributed by atoms with Crippen molar-refractivity contribution >= 4 is 15.1 Å². The molecule has 0 saturated carbocycles. The van der Waals surface area contributed by atoms with Crippen LogP contribution in [0.15, 0.2) is 21.7 Å². The quantitative estimate of drug-likeness (QED) is 0.303. The third-order valence-corrected chi connectivity index (χ3v) is 3.94. The van der Waals surface area contributed by atoms with Gasteiger partial charge in [0, 0.05) is 0 Å². The monoisotopic (exact) mass is 607 g/mol. The molecule has 30 heavy (non-hydrogen) atoms. The molecule has 0 amide bonds. The molecule has 0 spiro atoms. The Balaban J connectivity index is -0.000000400. The summed E-state index contributed by atoms with van der Waals surface area (Å²) in [6.45, 7) is 38.8. The van der Waals surface area contributed by atoms with Crippen LogP contribution < -0.4 is 0 Å². The first kappa shape index (κ1) is 34.6. The van der Waals surface area contributed by atoms with Crippen LogP contribution in [0.5, 0.6) is 0 Å². The van der Waals surface area contributed by atoms with E-state index in [9.17, 15) is 0 Å². The van der Waals surface area contributed by atoms with E-state index in [0.717, 1.165) is 0 Å². The Kier molecular flexibility index (Phi) is 18.2. The molecule has 3 heteroatoms. The Morgan fingerprint density at radius 3 is 1.10 bits per heavy atom. The van der Waals surface area contributed by atoms with Crippen molar-refractivity contribution in [3.63, 3.8) is 0 Å². The minimum Gasteiger partial charge on any atom is -0.338 e. The van der Waals surface area contributed by atoms with Gasteiger partial charge in [-0.1, -0.05) is 62.3 Å². The summed E-state index contributed by atoms with van der Waals surface area (Å²) >= 11 is -1.02. The van der Waals surface area contributed by atoms with Crippen LogP contribution in [0.25, 0.3) is 0 Å². The van der Waals surface area contributed by atoms with Gasteiger partial charge in [0.25, 0.3) is 0 Å². The molecule has 0 N–H and O–H groups in total. The van der Waals surface area contributed by atoms with Gasteiger partial charge in [0.15, 0.2) is 0 Å². The van der Waals surface area contributed by atoms with Crippen LogP contribution in [0.3, 0.4) is 0 Å². The molecule has 0 bridgehead atoms. The van der Waals surface area contributed by atoms with Crippen molar-refractivity contribution in [2.45, 2.75) is 102 Å². The summed E-state index contributed by atoms with van der Waals surface area (Å²) in [5.74, 6) is 1.04.